The average molecular weight is 312 g/mol. The summed E-state index contributed by atoms with van der Waals surface area (Å²) in [6.45, 7) is 6.80. The Bertz CT molecular complexity index is 371. The minimum Gasteiger partial charge on any atom is -0.394 e. The molecule has 0 saturated carbocycles. The van der Waals surface area contributed by atoms with Crippen LogP contribution in [0.3, 0.4) is 0 Å². The van der Waals surface area contributed by atoms with Gasteiger partial charge in [-0.1, -0.05) is 27.2 Å². The number of amides is 2. The topological polar surface area (TPSA) is 83.6 Å². The molecule has 0 spiro atoms. The monoisotopic (exact) mass is 312 g/mol. The van der Waals surface area contributed by atoms with Gasteiger partial charge in [0.2, 0.25) is 11.8 Å². The van der Waals surface area contributed by atoms with E-state index < -0.39 is 5.92 Å². The lowest BCUT2D eigenvalue weighted by molar-refractivity contribution is -0.146. The van der Waals surface area contributed by atoms with Crippen LogP contribution in [-0.4, -0.2) is 41.0 Å². The fourth-order valence-electron chi connectivity index (χ4n) is 3.49. The van der Waals surface area contributed by atoms with E-state index in [9.17, 15) is 14.7 Å². The molecule has 1 heterocycles. The van der Waals surface area contributed by atoms with Gasteiger partial charge in [-0.3, -0.25) is 9.59 Å². The summed E-state index contributed by atoms with van der Waals surface area (Å²) in [5.41, 5.74) is 5.57. The number of aliphatic hydroxyl groups is 1. The lowest BCUT2D eigenvalue weighted by Crippen LogP contribution is -2.50. The summed E-state index contributed by atoms with van der Waals surface area (Å²) < 4.78 is 0. The molecule has 0 bridgehead atoms. The molecule has 1 rings (SSSR count). The minimum atomic E-state index is -0.402. The van der Waals surface area contributed by atoms with E-state index in [1.54, 1.807) is 4.90 Å². The fourth-order valence-corrected chi connectivity index (χ4v) is 3.49. The van der Waals surface area contributed by atoms with Gasteiger partial charge in [-0.25, -0.2) is 0 Å². The highest BCUT2D eigenvalue weighted by molar-refractivity contribution is 5.87. The Labute approximate surface area is 134 Å². The van der Waals surface area contributed by atoms with Crippen LogP contribution in [0.25, 0.3) is 0 Å². The van der Waals surface area contributed by atoms with Crippen LogP contribution in [0, 0.1) is 17.8 Å². The van der Waals surface area contributed by atoms with Crippen molar-refractivity contribution >= 4 is 11.8 Å². The number of hydrogen-bond acceptors (Lipinski definition) is 3. The molecule has 0 radical (unpaired) electrons. The highest BCUT2D eigenvalue weighted by Crippen LogP contribution is 2.29. The first-order chi connectivity index (χ1) is 10.4. The number of piperidine rings is 1. The summed E-state index contributed by atoms with van der Waals surface area (Å²) >= 11 is 0. The summed E-state index contributed by atoms with van der Waals surface area (Å²) in [4.78, 5) is 26.7. The number of carbonyl (C=O) groups is 2. The van der Waals surface area contributed by atoms with Gasteiger partial charge in [-0.05, 0) is 38.0 Å². The molecule has 22 heavy (non-hydrogen) atoms. The molecule has 3 N–H and O–H groups in total. The van der Waals surface area contributed by atoms with Crippen LogP contribution in [-0.2, 0) is 9.59 Å². The molecule has 1 aliphatic rings. The molecule has 5 heteroatoms. The van der Waals surface area contributed by atoms with Gasteiger partial charge in [-0.15, -0.1) is 0 Å². The Morgan fingerprint density at radius 1 is 1.27 bits per heavy atom. The number of nitrogens with zero attached hydrogens (tertiary/aromatic N) is 1. The Balaban J connectivity index is 2.97. The Hall–Kier alpha value is -1.10. The van der Waals surface area contributed by atoms with Crippen molar-refractivity contribution in [2.24, 2.45) is 23.5 Å². The minimum absolute atomic E-state index is 0.00435. The van der Waals surface area contributed by atoms with Gasteiger partial charge >= 0.3 is 0 Å². The van der Waals surface area contributed by atoms with Crippen molar-refractivity contribution in [3.8, 4) is 0 Å². The van der Waals surface area contributed by atoms with Crippen molar-refractivity contribution in [3.63, 3.8) is 0 Å². The molecular formula is C17H32N2O3. The lowest BCUT2D eigenvalue weighted by Gasteiger charge is -2.38. The predicted molar refractivity (Wildman–Crippen MR) is 87.0 cm³/mol. The Morgan fingerprint density at radius 3 is 2.45 bits per heavy atom. The summed E-state index contributed by atoms with van der Waals surface area (Å²) in [5.74, 6) is -0.807. The van der Waals surface area contributed by atoms with Crippen molar-refractivity contribution < 1.29 is 14.7 Å². The maximum atomic E-state index is 13.0. The highest BCUT2D eigenvalue weighted by Gasteiger charge is 2.37. The first-order valence-corrected chi connectivity index (χ1v) is 8.62. The number of aliphatic hydroxyl groups excluding tert-OH is 1. The van der Waals surface area contributed by atoms with E-state index in [-0.39, 0.29) is 30.4 Å². The first kappa shape index (κ1) is 18.9. The standard InChI is InChI=1S/C17H32N2O3/c1-4-7-14(16(18)21)15(10-12(2)3)17(22)19-9-6-5-8-13(19)11-20/h12-15,20H,4-11H2,1-3H3,(H2,18,21)/t13?,14-,15+/m0/s1. The van der Waals surface area contributed by atoms with Crippen molar-refractivity contribution in [3.05, 3.63) is 0 Å². The number of rotatable bonds is 8. The maximum absolute atomic E-state index is 13.0. The van der Waals surface area contributed by atoms with Crippen molar-refractivity contribution in [1.82, 2.24) is 4.90 Å². The van der Waals surface area contributed by atoms with Crippen molar-refractivity contribution in [2.45, 2.75) is 65.3 Å². The summed E-state index contributed by atoms with van der Waals surface area (Å²) in [5, 5.41) is 9.54. The molecule has 5 nitrogen and oxygen atoms in total. The first-order valence-electron chi connectivity index (χ1n) is 8.62. The molecule has 0 aromatic heterocycles. The van der Waals surface area contributed by atoms with Crippen LogP contribution in [0.1, 0.15) is 59.3 Å². The number of nitrogens with two attached hydrogens (primary N) is 1. The van der Waals surface area contributed by atoms with Crippen LogP contribution in [0.4, 0.5) is 0 Å². The summed E-state index contributed by atoms with van der Waals surface area (Å²) in [7, 11) is 0. The molecule has 1 aliphatic heterocycles. The smallest absolute Gasteiger partial charge is 0.226 e. The van der Waals surface area contributed by atoms with Gasteiger partial charge in [0.1, 0.15) is 0 Å². The van der Waals surface area contributed by atoms with Crippen molar-refractivity contribution in [2.75, 3.05) is 13.2 Å². The molecule has 1 unspecified atom stereocenters. The third-order valence-corrected chi connectivity index (χ3v) is 4.61. The molecule has 1 fully saturated rings. The van der Waals surface area contributed by atoms with E-state index in [2.05, 4.69) is 13.8 Å². The van der Waals surface area contributed by atoms with Crippen LogP contribution >= 0.6 is 0 Å². The van der Waals surface area contributed by atoms with E-state index in [1.165, 1.54) is 0 Å². The molecule has 128 valence electrons. The van der Waals surface area contributed by atoms with Gasteiger partial charge < -0.3 is 15.7 Å². The second-order valence-corrected chi connectivity index (χ2v) is 6.90. The van der Waals surface area contributed by atoms with Gasteiger partial charge in [0.05, 0.1) is 12.6 Å². The second kappa shape index (κ2) is 9.13. The van der Waals surface area contributed by atoms with Gasteiger partial charge in [-0.2, -0.15) is 0 Å². The molecule has 0 aromatic carbocycles. The highest BCUT2D eigenvalue weighted by atomic mass is 16.3. The van der Waals surface area contributed by atoms with Crippen LogP contribution in [0.15, 0.2) is 0 Å². The average Bonchev–Trinajstić information content (AvgIpc) is 2.49. The molecule has 1 saturated heterocycles. The lowest BCUT2D eigenvalue weighted by atomic mass is 9.80. The van der Waals surface area contributed by atoms with Crippen LogP contribution < -0.4 is 5.73 Å². The number of primary amides is 1. The molecule has 3 atom stereocenters. The van der Waals surface area contributed by atoms with Crippen molar-refractivity contribution in [1.29, 1.82) is 0 Å². The molecule has 0 aliphatic carbocycles. The number of hydrogen-bond donors (Lipinski definition) is 2. The SMILES string of the molecule is CCC[C@H](C(N)=O)[C@@H](CC(C)C)C(=O)N1CCCCC1CO. The zero-order valence-electron chi connectivity index (χ0n) is 14.3. The second-order valence-electron chi connectivity index (χ2n) is 6.90. The van der Waals surface area contributed by atoms with E-state index in [1.807, 2.05) is 6.92 Å². The third-order valence-electron chi connectivity index (χ3n) is 4.61. The number of carbonyl (C=O) groups excluding carboxylic acids is 2. The Morgan fingerprint density at radius 2 is 1.95 bits per heavy atom. The summed E-state index contributed by atoms with van der Waals surface area (Å²) in [6, 6.07) is -0.105. The van der Waals surface area contributed by atoms with Gasteiger partial charge in [0, 0.05) is 18.4 Å². The fraction of sp³-hybridized carbons (Fsp3) is 0.882. The third kappa shape index (κ3) is 4.97. The zero-order valence-corrected chi connectivity index (χ0v) is 14.3. The largest absolute Gasteiger partial charge is 0.394 e. The van der Waals surface area contributed by atoms with E-state index in [0.29, 0.717) is 25.3 Å². The van der Waals surface area contributed by atoms with Gasteiger partial charge in [0.25, 0.3) is 0 Å². The van der Waals surface area contributed by atoms with Crippen LogP contribution in [0.2, 0.25) is 0 Å². The zero-order chi connectivity index (χ0) is 16.7. The Kier molecular flexibility index (Phi) is 7.87. The maximum Gasteiger partial charge on any atom is 0.226 e. The molecule has 0 aromatic rings. The van der Waals surface area contributed by atoms with E-state index in [4.69, 9.17) is 5.73 Å². The van der Waals surface area contributed by atoms with E-state index >= 15 is 0 Å². The number of likely N-dealkylation sites (tertiary alicyclic amines) is 1. The quantitative estimate of drug-likeness (QED) is 0.718. The molecular weight excluding hydrogens is 280 g/mol. The predicted octanol–water partition coefficient (Wildman–Crippen LogP) is 1.92. The van der Waals surface area contributed by atoms with Crippen LogP contribution in [0.5, 0.6) is 0 Å². The van der Waals surface area contributed by atoms with E-state index in [0.717, 1.165) is 25.7 Å². The van der Waals surface area contributed by atoms with Gasteiger partial charge in [0.15, 0.2) is 0 Å². The molecule has 2 amide bonds. The summed E-state index contributed by atoms with van der Waals surface area (Å²) in [6.07, 6.45) is 4.99. The normalized spacial score (nSPS) is 21.7.